The molecule has 0 radical (unpaired) electrons. The topological polar surface area (TPSA) is 46.2 Å². The van der Waals surface area contributed by atoms with Crippen molar-refractivity contribution in [1.29, 1.82) is 0 Å². The maximum absolute atomic E-state index is 12.0. The Morgan fingerprint density at radius 3 is 2.24 bits per heavy atom. The number of hydrogen-bond acceptors (Lipinski definition) is 2. The molecule has 0 saturated heterocycles. The van der Waals surface area contributed by atoms with Crippen molar-refractivity contribution in [3.63, 3.8) is 0 Å². The molecule has 1 N–H and O–H groups in total. The first-order valence-corrected chi connectivity index (χ1v) is 7.51. The highest BCUT2D eigenvalue weighted by Gasteiger charge is 2.19. The van der Waals surface area contributed by atoms with Gasteiger partial charge in [-0.2, -0.15) is 0 Å². The molecule has 0 fully saturated rings. The summed E-state index contributed by atoms with van der Waals surface area (Å²) in [5.74, 6) is 0.303. The van der Waals surface area contributed by atoms with Gasteiger partial charge in [-0.1, -0.05) is 31.9 Å². The van der Waals surface area contributed by atoms with Crippen LogP contribution in [0.15, 0.2) is 29.2 Å². The fourth-order valence-corrected chi connectivity index (χ4v) is 2.87. The van der Waals surface area contributed by atoms with Crippen molar-refractivity contribution < 1.29 is 8.42 Å². The van der Waals surface area contributed by atoms with Gasteiger partial charge in [-0.3, -0.25) is 0 Å². The number of rotatable bonds is 5. The molecular weight excluding hydrogens is 258 g/mol. The Hall–Kier alpha value is -0.580. The predicted molar refractivity (Wildman–Crippen MR) is 70.7 cm³/mol. The number of sulfonamides is 1. The molecule has 5 heteroatoms. The average molecular weight is 276 g/mol. The minimum absolute atomic E-state index is 0.0827. The van der Waals surface area contributed by atoms with Crippen LogP contribution in [0.2, 0.25) is 5.02 Å². The largest absolute Gasteiger partial charge is 0.240 e. The summed E-state index contributed by atoms with van der Waals surface area (Å²) in [7, 11) is -3.44. The van der Waals surface area contributed by atoms with E-state index in [1.54, 1.807) is 12.1 Å². The monoisotopic (exact) mass is 275 g/mol. The molecule has 0 aliphatic carbocycles. The van der Waals surface area contributed by atoms with Crippen LogP contribution in [-0.4, -0.2) is 14.5 Å². The lowest BCUT2D eigenvalue weighted by Gasteiger charge is -2.19. The molecule has 0 spiro atoms. The summed E-state index contributed by atoms with van der Waals surface area (Å²) in [6.07, 6.45) is 0.935. The molecule has 0 unspecified atom stereocenters. The summed E-state index contributed by atoms with van der Waals surface area (Å²) in [6, 6.07) is 6.08. The number of benzene rings is 1. The second kappa shape index (κ2) is 5.85. The molecule has 1 aromatic rings. The summed E-state index contributed by atoms with van der Waals surface area (Å²) in [5, 5.41) is 0.527. The van der Waals surface area contributed by atoms with Crippen molar-refractivity contribution in [2.75, 3.05) is 0 Å². The Bertz CT molecular complexity index is 456. The fourth-order valence-electron chi connectivity index (χ4n) is 1.40. The van der Waals surface area contributed by atoms with Crippen LogP contribution in [0.5, 0.6) is 0 Å². The van der Waals surface area contributed by atoms with E-state index in [0.717, 1.165) is 6.42 Å². The Kier molecular flexibility index (Phi) is 4.98. The fraction of sp³-hybridized carbons (Fsp3) is 0.500. The van der Waals surface area contributed by atoms with Crippen LogP contribution in [0, 0.1) is 5.92 Å². The van der Waals surface area contributed by atoms with E-state index in [1.807, 2.05) is 20.8 Å². The van der Waals surface area contributed by atoms with E-state index >= 15 is 0 Å². The maximum atomic E-state index is 12.0. The molecule has 17 heavy (non-hydrogen) atoms. The zero-order valence-electron chi connectivity index (χ0n) is 10.3. The van der Waals surface area contributed by atoms with E-state index in [-0.39, 0.29) is 10.9 Å². The minimum atomic E-state index is -3.44. The predicted octanol–water partition coefficient (Wildman–Crippen LogP) is 3.05. The molecule has 0 heterocycles. The van der Waals surface area contributed by atoms with Crippen molar-refractivity contribution in [2.24, 2.45) is 5.92 Å². The minimum Gasteiger partial charge on any atom is -0.208 e. The SMILES string of the molecule is CC[C@H](C)[C@@H](C)NS(=O)(=O)c1ccc(Cl)cc1. The van der Waals surface area contributed by atoms with Gasteiger partial charge in [-0.15, -0.1) is 0 Å². The highest BCUT2D eigenvalue weighted by molar-refractivity contribution is 7.89. The van der Waals surface area contributed by atoms with Gasteiger partial charge in [0.1, 0.15) is 0 Å². The Balaban J connectivity index is 2.85. The van der Waals surface area contributed by atoms with Gasteiger partial charge in [0.05, 0.1) is 4.90 Å². The van der Waals surface area contributed by atoms with Gasteiger partial charge >= 0.3 is 0 Å². The molecule has 96 valence electrons. The normalized spacial score (nSPS) is 15.5. The highest BCUT2D eigenvalue weighted by atomic mass is 35.5. The van der Waals surface area contributed by atoms with Gasteiger partial charge < -0.3 is 0 Å². The van der Waals surface area contributed by atoms with Gasteiger partial charge in [-0.05, 0) is 37.1 Å². The van der Waals surface area contributed by atoms with Crippen molar-refractivity contribution >= 4 is 21.6 Å². The van der Waals surface area contributed by atoms with Crippen LogP contribution in [0.3, 0.4) is 0 Å². The first-order valence-electron chi connectivity index (χ1n) is 5.64. The van der Waals surface area contributed by atoms with Crippen molar-refractivity contribution in [1.82, 2.24) is 4.72 Å². The van der Waals surface area contributed by atoms with Gasteiger partial charge in [0, 0.05) is 11.1 Å². The average Bonchev–Trinajstić information content (AvgIpc) is 2.27. The lowest BCUT2D eigenvalue weighted by molar-refractivity contribution is 0.434. The first-order chi connectivity index (χ1) is 7.86. The summed E-state index contributed by atoms with van der Waals surface area (Å²) >= 11 is 5.73. The zero-order valence-corrected chi connectivity index (χ0v) is 11.8. The third-order valence-corrected chi connectivity index (χ3v) is 4.79. The van der Waals surface area contributed by atoms with Crippen LogP contribution in [0.25, 0.3) is 0 Å². The Morgan fingerprint density at radius 1 is 1.24 bits per heavy atom. The standard InChI is InChI=1S/C12H18ClNO2S/c1-4-9(2)10(3)14-17(15,16)12-7-5-11(13)6-8-12/h5-10,14H,4H2,1-3H3/t9-,10+/m0/s1. The Morgan fingerprint density at radius 2 is 1.76 bits per heavy atom. The van der Waals surface area contributed by atoms with Crippen LogP contribution in [0.1, 0.15) is 27.2 Å². The molecule has 1 aromatic carbocycles. The van der Waals surface area contributed by atoms with Crippen LogP contribution < -0.4 is 4.72 Å². The molecule has 1 rings (SSSR count). The quantitative estimate of drug-likeness (QED) is 0.898. The number of halogens is 1. The maximum Gasteiger partial charge on any atom is 0.240 e. The second-order valence-electron chi connectivity index (χ2n) is 4.25. The van der Waals surface area contributed by atoms with Crippen molar-refractivity contribution in [2.45, 2.75) is 38.1 Å². The van der Waals surface area contributed by atoms with Gasteiger partial charge in [0.25, 0.3) is 0 Å². The number of hydrogen-bond donors (Lipinski definition) is 1. The van der Waals surface area contributed by atoms with E-state index in [4.69, 9.17) is 11.6 Å². The first kappa shape index (κ1) is 14.5. The highest BCUT2D eigenvalue weighted by Crippen LogP contribution is 2.16. The third-order valence-electron chi connectivity index (χ3n) is 2.96. The van der Waals surface area contributed by atoms with E-state index in [2.05, 4.69) is 4.72 Å². The van der Waals surface area contributed by atoms with E-state index in [0.29, 0.717) is 10.9 Å². The zero-order chi connectivity index (χ0) is 13.1. The molecular formula is C12H18ClNO2S. The number of nitrogens with one attached hydrogen (secondary N) is 1. The molecule has 0 aliphatic heterocycles. The molecule has 0 bridgehead atoms. The van der Waals surface area contributed by atoms with Gasteiger partial charge in [0.15, 0.2) is 0 Å². The summed E-state index contributed by atoms with van der Waals surface area (Å²) < 4.78 is 26.7. The van der Waals surface area contributed by atoms with Gasteiger partial charge in [0.2, 0.25) is 10.0 Å². The van der Waals surface area contributed by atoms with Gasteiger partial charge in [-0.25, -0.2) is 13.1 Å². The Labute approximate surface area is 108 Å². The third kappa shape index (κ3) is 3.98. The lowest BCUT2D eigenvalue weighted by atomic mass is 10.0. The summed E-state index contributed by atoms with van der Waals surface area (Å²) in [5.41, 5.74) is 0. The van der Waals surface area contributed by atoms with Crippen molar-refractivity contribution in [3.05, 3.63) is 29.3 Å². The van der Waals surface area contributed by atoms with Crippen LogP contribution >= 0.6 is 11.6 Å². The smallest absolute Gasteiger partial charge is 0.208 e. The van der Waals surface area contributed by atoms with E-state index < -0.39 is 10.0 Å². The molecule has 0 aromatic heterocycles. The second-order valence-corrected chi connectivity index (χ2v) is 6.40. The van der Waals surface area contributed by atoms with E-state index in [9.17, 15) is 8.42 Å². The van der Waals surface area contributed by atoms with Crippen LogP contribution in [0.4, 0.5) is 0 Å². The summed E-state index contributed by atoms with van der Waals surface area (Å²) in [6.45, 7) is 5.94. The lowest BCUT2D eigenvalue weighted by Crippen LogP contribution is -2.36. The summed E-state index contributed by atoms with van der Waals surface area (Å²) in [4.78, 5) is 0.247. The van der Waals surface area contributed by atoms with E-state index in [1.165, 1.54) is 12.1 Å². The molecule has 0 saturated carbocycles. The molecule has 3 nitrogen and oxygen atoms in total. The van der Waals surface area contributed by atoms with Crippen LogP contribution in [-0.2, 0) is 10.0 Å². The molecule has 0 amide bonds. The van der Waals surface area contributed by atoms with Crippen molar-refractivity contribution in [3.8, 4) is 0 Å². The molecule has 0 aliphatic rings. The molecule has 2 atom stereocenters.